The van der Waals surface area contributed by atoms with Crippen molar-refractivity contribution in [1.82, 2.24) is 4.90 Å². The third kappa shape index (κ3) is 3.88. The molecule has 0 unspecified atom stereocenters. The second-order valence-electron chi connectivity index (χ2n) is 3.79. The highest BCUT2D eigenvalue weighted by Crippen LogP contribution is 2.07. The summed E-state index contributed by atoms with van der Waals surface area (Å²) in [4.78, 5) is 23.4. The van der Waals surface area contributed by atoms with E-state index >= 15 is 0 Å². The molecule has 1 aromatic carbocycles. The van der Waals surface area contributed by atoms with Gasteiger partial charge in [0.2, 0.25) is 0 Å². The Balaban J connectivity index is 2.72. The van der Waals surface area contributed by atoms with E-state index in [2.05, 4.69) is 0 Å². The average Bonchev–Trinajstić information content (AvgIpc) is 2.28. The Morgan fingerprint density at radius 1 is 1.29 bits per heavy atom. The first-order valence-electron chi connectivity index (χ1n) is 5.31. The number of carboxylic acids is 1. The lowest BCUT2D eigenvalue weighted by atomic mass is 10.1. The van der Waals surface area contributed by atoms with Crippen LogP contribution in [0.25, 0.3) is 0 Å². The predicted molar refractivity (Wildman–Crippen MR) is 63.8 cm³/mol. The summed E-state index contributed by atoms with van der Waals surface area (Å²) in [5, 5.41) is 8.59. The molecule has 0 atom stereocenters. The Labute approximate surface area is 99.8 Å². The second kappa shape index (κ2) is 6.00. The fourth-order valence-electron chi connectivity index (χ4n) is 1.48. The quantitative estimate of drug-likeness (QED) is 0.772. The number of rotatable bonds is 5. The maximum atomic E-state index is 11.8. The van der Waals surface area contributed by atoms with Gasteiger partial charge in [0, 0.05) is 12.6 Å². The largest absolute Gasteiger partial charge is 0.480 e. The number of nitrogens with zero attached hydrogens (tertiary/aromatic N) is 1. The van der Waals surface area contributed by atoms with E-state index in [1.807, 2.05) is 12.1 Å². The van der Waals surface area contributed by atoms with E-state index in [0.717, 1.165) is 12.0 Å². The van der Waals surface area contributed by atoms with Crippen LogP contribution in [-0.4, -0.2) is 42.0 Å². The molecule has 3 N–H and O–H groups in total. The maximum Gasteiger partial charge on any atom is 0.323 e. The molecule has 17 heavy (non-hydrogen) atoms. The van der Waals surface area contributed by atoms with Crippen LogP contribution in [0.3, 0.4) is 0 Å². The molecule has 0 aliphatic rings. The van der Waals surface area contributed by atoms with E-state index < -0.39 is 5.97 Å². The molecule has 0 radical (unpaired) electrons. The fraction of sp³-hybridized carbons (Fsp3) is 0.333. The lowest BCUT2D eigenvalue weighted by Gasteiger charge is -2.14. The van der Waals surface area contributed by atoms with Crippen molar-refractivity contribution >= 4 is 11.9 Å². The first kappa shape index (κ1) is 13.2. The summed E-state index contributed by atoms with van der Waals surface area (Å²) in [5.41, 5.74) is 6.96. The normalized spacial score (nSPS) is 10.0. The van der Waals surface area contributed by atoms with Gasteiger partial charge < -0.3 is 15.7 Å². The molecule has 0 aliphatic carbocycles. The van der Waals surface area contributed by atoms with Crippen LogP contribution in [0.4, 0.5) is 0 Å². The molecule has 92 valence electrons. The molecule has 0 aliphatic heterocycles. The lowest BCUT2D eigenvalue weighted by molar-refractivity contribution is -0.137. The molecule has 0 saturated heterocycles. The molecule has 0 heterocycles. The fourth-order valence-corrected chi connectivity index (χ4v) is 1.48. The number of carbonyl (C=O) groups excluding carboxylic acids is 1. The van der Waals surface area contributed by atoms with Gasteiger partial charge in [-0.15, -0.1) is 0 Å². The highest BCUT2D eigenvalue weighted by Gasteiger charge is 2.13. The zero-order valence-corrected chi connectivity index (χ0v) is 9.72. The summed E-state index contributed by atoms with van der Waals surface area (Å²) >= 11 is 0. The molecular weight excluding hydrogens is 220 g/mol. The van der Waals surface area contributed by atoms with Crippen LogP contribution in [0.1, 0.15) is 15.9 Å². The molecule has 1 amide bonds. The van der Waals surface area contributed by atoms with E-state index in [-0.39, 0.29) is 12.5 Å². The highest BCUT2D eigenvalue weighted by atomic mass is 16.4. The topological polar surface area (TPSA) is 83.6 Å². The van der Waals surface area contributed by atoms with Crippen LogP contribution >= 0.6 is 0 Å². The zero-order valence-electron chi connectivity index (χ0n) is 9.72. The summed E-state index contributed by atoms with van der Waals surface area (Å²) in [7, 11) is 1.46. The SMILES string of the molecule is CN(CC(=O)O)C(=O)c1ccc(CCN)cc1. The number of hydrogen-bond donors (Lipinski definition) is 2. The third-order valence-electron chi connectivity index (χ3n) is 2.35. The number of nitrogens with two attached hydrogens (primary N) is 1. The minimum absolute atomic E-state index is 0.299. The van der Waals surface area contributed by atoms with Gasteiger partial charge in [0.05, 0.1) is 0 Å². The van der Waals surface area contributed by atoms with E-state index in [0.29, 0.717) is 12.1 Å². The van der Waals surface area contributed by atoms with Crippen molar-refractivity contribution in [2.75, 3.05) is 20.1 Å². The standard InChI is InChI=1S/C12H16N2O3/c1-14(8-11(15)16)12(17)10-4-2-9(3-5-10)6-7-13/h2-5H,6-8,13H2,1H3,(H,15,16). The Kier molecular flexibility index (Phi) is 4.66. The van der Waals surface area contributed by atoms with Gasteiger partial charge >= 0.3 is 5.97 Å². The number of carboxylic acid groups (broad SMARTS) is 1. The van der Waals surface area contributed by atoms with Gasteiger partial charge in [-0.05, 0) is 30.7 Å². The number of likely N-dealkylation sites (N-methyl/N-ethyl adjacent to an activating group) is 1. The average molecular weight is 236 g/mol. The second-order valence-corrected chi connectivity index (χ2v) is 3.79. The van der Waals surface area contributed by atoms with Crippen molar-refractivity contribution in [3.8, 4) is 0 Å². The van der Waals surface area contributed by atoms with Crippen LogP contribution in [-0.2, 0) is 11.2 Å². The van der Waals surface area contributed by atoms with Gasteiger partial charge in [-0.1, -0.05) is 12.1 Å². The van der Waals surface area contributed by atoms with Crippen LogP contribution in [0, 0.1) is 0 Å². The maximum absolute atomic E-state index is 11.8. The van der Waals surface area contributed by atoms with E-state index in [1.54, 1.807) is 12.1 Å². The molecule has 0 aromatic heterocycles. The van der Waals surface area contributed by atoms with Crippen LogP contribution in [0.5, 0.6) is 0 Å². The smallest absolute Gasteiger partial charge is 0.323 e. The van der Waals surface area contributed by atoms with Crippen molar-refractivity contribution in [3.63, 3.8) is 0 Å². The molecule has 0 bridgehead atoms. The zero-order chi connectivity index (χ0) is 12.8. The molecule has 5 heteroatoms. The Hall–Kier alpha value is -1.88. The van der Waals surface area contributed by atoms with E-state index in [4.69, 9.17) is 10.8 Å². The molecular formula is C12H16N2O3. The van der Waals surface area contributed by atoms with E-state index in [1.165, 1.54) is 11.9 Å². The molecule has 1 rings (SSSR count). The van der Waals surface area contributed by atoms with Crippen molar-refractivity contribution in [3.05, 3.63) is 35.4 Å². The predicted octanol–water partition coefficient (Wildman–Crippen LogP) is 0.344. The van der Waals surface area contributed by atoms with Crippen LogP contribution in [0.15, 0.2) is 24.3 Å². The number of amides is 1. The summed E-state index contributed by atoms with van der Waals surface area (Å²) < 4.78 is 0. The number of benzene rings is 1. The van der Waals surface area contributed by atoms with Crippen molar-refractivity contribution in [1.29, 1.82) is 0 Å². The Bertz CT molecular complexity index is 401. The number of hydrogen-bond acceptors (Lipinski definition) is 3. The van der Waals surface area contributed by atoms with Gasteiger partial charge in [0.15, 0.2) is 0 Å². The molecule has 1 aromatic rings. The number of aliphatic carboxylic acids is 1. The first-order valence-corrected chi connectivity index (χ1v) is 5.31. The summed E-state index contributed by atoms with van der Waals surface area (Å²) in [5.74, 6) is -1.33. The minimum Gasteiger partial charge on any atom is -0.480 e. The summed E-state index contributed by atoms with van der Waals surface area (Å²) in [6, 6.07) is 7.03. The van der Waals surface area contributed by atoms with Gasteiger partial charge in [0.25, 0.3) is 5.91 Å². The lowest BCUT2D eigenvalue weighted by Crippen LogP contribution is -2.31. The summed E-state index contributed by atoms with van der Waals surface area (Å²) in [6.07, 6.45) is 0.763. The van der Waals surface area contributed by atoms with Gasteiger partial charge in [-0.2, -0.15) is 0 Å². The van der Waals surface area contributed by atoms with Crippen molar-refractivity contribution in [2.45, 2.75) is 6.42 Å². The van der Waals surface area contributed by atoms with Gasteiger partial charge in [0.1, 0.15) is 6.54 Å². The molecule has 0 saturated carbocycles. The molecule has 5 nitrogen and oxygen atoms in total. The third-order valence-corrected chi connectivity index (χ3v) is 2.35. The molecule has 0 spiro atoms. The monoisotopic (exact) mass is 236 g/mol. The van der Waals surface area contributed by atoms with Gasteiger partial charge in [-0.25, -0.2) is 0 Å². The van der Waals surface area contributed by atoms with Crippen LogP contribution in [0.2, 0.25) is 0 Å². The number of carbonyl (C=O) groups is 2. The van der Waals surface area contributed by atoms with Crippen LogP contribution < -0.4 is 5.73 Å². The highest BCUT2D eigenvalue weighted by molar-refractivity contribution is 5.95. The first-order chi connectivity index (χ1) is 8.04. The summed E-state index contributed by atoms with van der Waals surface area (Å²) in [6.45, 7) is 0.260. The Morgan fingerprint density at radius 2 is 1.88 bits per heavy atom. The van der Waals surface area contributed by atoms with E-state index in [9.17, 15) is 9.59 Å². The van der Waals surface area contributed by atoms with Crippen molar-refractivity contribution in [2.24, 2.45) is 5.73 Å². The minimum atomic E-state index is -1.03. The Morgan fingerprint density at radius 3 is 2.35 bits per heavy atom. The van der Waals surface area contributed by atoms with Crippen molar-refractivity contribution < 1.29 is 14.7 Å². The molecule has 0 fully saturated rings. The van der Waals surface area contributed by atoms with Gasteiger partial charge in [-0.3, -0.25) is 9.59 Å².